The van der Waals surface area contributed by atoms with Gasteiger partial charge >= 0.3 is 5.97 Å². The Balaban J connectivity index is 1.74. The maximum Gasteiger partial charge on any atom is 0.338 e. The zero-order valence-corrected chi connectivity index (χ0v) is 16.2. The Morgan fingerprint density at radius 2 is 1.76 bits per heavy atom. The molecule has 152 valence electrons. The highest BCUT2D eigenvalue weighted by Crippen LogP contribution is 2.20. The van der Waals surface area contributed by atoms with Gasteiger partial charge in [0.1, 0.15) is 0 Å². The zero-order chi connectivity index (χ0) is 20.8. The van der Waals surface area contributed by atoms with Gasteiger partial charge in [0.05, 0.1) is 17.6 Å². The number of esters is 1. The standard InChI is InChI=1S/C21H23N3O5/c1-29-21(26)18-12-17(13-19(14-18)24(27)28)20(25)23-9-5-8-22(10-11-23)15-16-6-3-2-4-7-16/h2-4,6-7,12-14H,5,8-11,15H2,1H3. The maximum absolute atomic E-state index is 13.0. The Kier molecular flexibility index (Phi) is 6.56. The molecule has 1 aliphatic rings. The van der Waals surface area contributed by atoms with Crippen molar-refractivity contribution in [3.63, 3.8) is 0 Å². The van der Waals surface area contributed by atoms with Gasteiger partial charge in [-0.15, -0.1) is 0 Å². The zero-order valence-electron chi connectivity index (χ0n) is 16.2. The molecule has 0 bridgehead atoms. The SMILES string of the molecule is COC(=O)c1cc(C(=O)N2CCCN(Cc3ccccc3)CC2)cc([N+](=O)[O-])c1. The van der Waals surface area contributed by atoms with Gasteiger partial charge in [-0.2, -0.15) is 0 Å². The Hall–Kier alpha value is -3.26. The lowest BCUT2D eigenvalue weighted by molar-refractivity contribution is -0.384. The number of nitrogens with zero attached hydrogens (tertiary/aromatic N) is 3. The van der Waals surface area contributed by atoms with Crippen LogP contribution in [0.15, 0.2) is 48.5 Å². The fourth-order valence-corrected chi connectivity index (χ4v) is 3.43. The topological polar surface area (TPSA) is 93.0 Å². The molecular weight excluding hydrogens is 374 g/mol. The summed E-state index contributed by atoms with van der Waals surface area (Å²) in [7, 11) is 1.19. The Labute approximate surface area is 168 Å². The summed E-state index contributed by atoms with van der Waals surface area (Å²) in [6, 6.07) is 13.8. The average Bonchev–Trinajstić information content (AvgIpc) is 2.98. The van der Waals surface area contributed by atoms with Crippen LogP contribution in [-0.2, 0) is 11.3 Å². The lowest BCUT2D eigenvalue weighted by Crippen LogP contribution is -2.35. The van der Waals surface area contributed by atoms with Crippen LogP contribution in [0.2, 0.25) is 0 Å². The van der Waals surface area contributed by atoms with E-state index < -0.39 is 10.9 Å². The number of methoxy groups -OCH3 is 1. The van der Waals surface area contributed by atoms with Crippen LogP contribution in [0.25, 0.3) is 0 Å². The predicted octanol–water partition coefficient (Wildman–Crippen LogP) is 2.73. The molecule has 1 fully saturated rings. The number of nitro groups is 1. The second-order valence-corrected chi connectivity index (χ2v) is 6.92. The molecule has 3 rings (SSSR count). The van der Waals surface area contributed by atoms with Crippen LogP contribution < -0.4 is 0 Å². The molecule has 0 aromatic heterocycles. The first kappa shape index (κ1) is 20.5. The van der Waals surface area contributed by atoms with Crippen LogP contribution >= 0.6 is 0 Å². The summed E-state index contributed by atoms with van der Waals surface area (Å²) in [5.41, 5.74) is 1.02. The number of amides is 1. The summed E-state index contributed by atoms with van der Waals surface area (Å²) in [6.45, 7) is 3.45. The molecule has 1 saturated heterocycles. The molecule has 0 saturated carbocycles. The highest BCUT2D eigenvalue weighted by atomic mass is 16.6. The molecule has 0 spiro atoms. The number of non-ortho nitro benzene ring substituents is 1. The van der Waals surface area contributed by atoms with Crippen molar-refractivity contribution in [2.24, 2.45) is 0 Å². The molecule has 2 aromatic rings. The van der Waals surface area contributed by atoms with Crippen molar-refractivity contribution in [1.82, 2.24) is 9.80 Å². The van der Waals surface area contributed by atoms with E-state index in [0.29, 0.717) is 19.6 Å². The lowest BCUT2D eigenvalue weighted by atomic mass is 10.1. The molecule has 0 N–H and O–H groups in total. The minimum Gasteiger partial charge on any atom is -0.465 e. The number of hydrogen-bond donors (Lipinski definition) is 0. The molecule has 8 nitrogen and oxygen atoms in total. The van der Waals surface area contributed by atoms with Gasteiger partial charge in [0.25, 0.3) is 11.6 Å². The van der Waals surface area contributed by atoms with Crippen molar-refractivity contribution < 1.29 is 19.2 Å². The molecule has 1 amide bonds. The van der Waals surface area contributed by atoms with Crippen molar-refractivity contribution in [2.45, 2.75) is 13.0 Å². The minimum atomic E-state index is -0.715. The van der Waals surface area contributed by atoms with Gasteiger partial charge in [-0.3, -0.25) is 19.8 Å². The highest BCUT2D eigenvalue weighted by Gasteiger charge is 2.24. The molecule has 0 radical (unpaired) electrons. The van der Waals surface area contributed by atoms with Crippen molar-refractivity contribution >= 4 is 17.6 Å². The lowest BCUT2D eigenvalue weighted by Gasteiger charge is -2.22. The summed E-state index contributed by atoms with van der Waals surface area (Å²) in [4.78, 5) is 39.4. The monoisotopic (exact) mass is 397 g/mol. The van der Waals surface area contributed by atoms with Crippen molar-refractivity contribution in [2.75, 3.05) is 33.3 Å². The fourth-order valence-electron chi connectivity index (χ4n) is 3.43. The molecule has 2 aromatic carbocycles. The fraction of sp³-hybridized carbons (Fsp3) is 0.333. The first-order chi connectivity index (χ1) is 14.0. The van der Waals surface area contributed by atoms with Crippen molar-refractivity contribution in [3.8, 4) is 0 Å². The summed E-state index contributed by atoms with van der Waals surface area (Å²) in [5.74, 6) is -1.03. The van der Waals surface area contributed by atoms with Gasteiger partial charge < -0.3 is 9.64 Å². The van der Waals surface area contributed by atoms with Crippen LogP contribution in [0, 0.1) is 10.1 Å². The minimum absolute atomic E-state index is 0.00873. The van der Waals surface area contributed by atoms with Crippen LogP contribution in [0.5, 0.6) is 0 Å². The smallest absolute Gasteiger partial charge is 0.338 e. The predicted molar refractivity (Wildman–Crippen MR) is 107 cm³/mol. The molecule has 0 aliphatic carbocycles. The van der Waals surface area contributed by atoms with Gasteiger partial charge in [-0.05, 0) is 18.1 Å². The Morgan fingerprint density at radius 1 is 1.03 bits per heavy atom. The summed E-state index contributed by atoms with van der Waals surface area (Å²) >= 11 is 0. The average molecular weight is 397 g/mol. The van der Waals surface area contributed by atoms with Crippen LogP contribution in [-0.4, -0.2) is 59.9 Å². The number of benzene rings is 2. The molecule has 8 heteroatoms. The van der Waals surface area contributed by atoms with Crippen molar-refractivity contribution in [1.29, 1.82) is 0 Å². The number of carbonyl (C=O) groups is 2. The van der Waals surface area contributed by atoms with E-state index in [-0.39, 0.29) is 22.7 Å². The van der Waals surface area contributed by atoms with Gasteiger partial charge in [-0.25, -0.2) is 4.79 Å². The van der Waals surface area contributed by atoms with E-state index in [1.165, 1.54) is 24.8 Å². The van der Waals surface area contributed by atoms with Gasteiger partial charge in [-0.1, -0.05) is 30.3 Å². The third kappa shape index (κ3) is 5.17. The third-order valence-corrected chi connectivity index (χ3v) is 4.92. The molecule has 0 unspecified atom stereocenters. The van der Waals surface area contributed by atoms with E-state index >= 15 is 0 Å². The van der Waals surface area contributed by atoms with E-state index in [0.717, 1.165) is 25.6 Å². The first-order valence-electron chi connectivity index (χ1n) is 9.41. The molecule has 1 heterocycles. The number of nitro benzene ring substituents is 1. The normalized spacial score (nSPS) is 14.9. The largest absolute Gasteiger partial charge is 0.465 e. The molecule has 29 heavy (non-hydrogen) atoms. The quantitative estimate of drug-likeness (QED) is 0.438. The van der Waals surface area contributed by atoms with Gasteiger partial charge in [0, 0.05) is 50.4 Å². The number of carbonyl (C=O) groups excluding carboxylic acids is 2. The highest BCUT2D eigenvalue weighted by molar-refractivity contribution is 5.99. The molecule has 0 atom stereocenters. The maximum atomic E-state index is 13.0. The number of hydrogen-bond acceptors (Lipinski definition) is 6. The molecule has 1 aliphatic heterocycles. The second-order valence-electron chi connectivity index (χ2n) is 6.92. The van der Waals surface area contributed by atoms with Gasteiger partial charge in [0.15, 0.2) is 0 Å². The molecular formula is C21H23N3O5. The second kappa shape index (κ2) is 9.29. The van der Waals surface area contributed by atoms with Crippen molar-refractivity contribution in [3.05, 3.63) is 75.3 Å². The summed E-state index contributed by atoms with van der Waals surface area (Å²) in [5, 5.41) is 11.2. The Morgan fingerprint density at radius 3 is 2.45 bits per heavy atom. The van der Waals surface area contributed by atoms with Crippen LogP contribution in [0.3, 0.4) is 0 Å². The Bertz CT molecular complexity index is 900. The van der Waals surface area contributed by atoms with E-state index in [1.807, 2.05) is 18.2 Å². The van der Waals surface area contributed by atoms with Crippen LogP contribution in [0.1, 0.15) is 32.7 Å². The first-order valence-corrected chi connectivity index (χ1v) is 9.41. The third-order valence-electron chi connectivity index (χ3n) is 4.92. The summed E-state index contributed by atoms with van der Waals surface area (Å²) in [6.07, 6.45) is 0.803. The van der Waals surface area contributed by atoms with E-state index in [4.69, 9.17) is 0 Å². The number of ether oxygens (including phenoxy) is 1. The summed E-state index contributed by atoms with van der Waals surface area (Å²) < 4.78 is 4.65. The van der Waals surface area contributed by atoms with Crippen LogP contribution in [0.4, 0.5) is 5.69 Å². The van der Waals surface area contributed by atoms with E-state index in [2.05, 4.69) is 21.8 Å². The van der Waals surface area contributed by atoms with E-state index in [1.54, 1.807) is 4.90 Å². The van der Waals surface area contributed by atoms with E-state index in [9.17, 15) is 19.7 Å². The number of rotatable bonds is 5. The van der Waals surface area contributed by atoms with Gasteiger partial charge in [0.2, 0.25) is 0 Å².